The normalized spacial score (nSPS) is 14.6. The van der Waals surface area contributed by atoms with Gasteiger partial charge in [-0.15, -0.1) is 0 Å². The number of aromatic nitrogens is 4. The molecule has 0 radical (unpaired) electrons. The number of nitrogens with one attached hydrogen (secondary N) is 2. The van der Waals surface area contributed by atoms with Crippen molar-refractivity contribution in [3.63, 3.8) is 0 Å². The zero-order valence-electron chi connectivity index (χ0n) is 19.6. The second-order valence-electron chi connectivity index (χ2n) is 8.24. The third kappa shape index (κ3) is 5.37. The maximum Gasteiger partial charge on any atom is 0.251 e. The molecule has 3 heterocycles. The minimum Gasteiger partial charge on any atom is -0.495 e. The van der Waals surface area contributed by atoms with E-state index in [0.717, 1.165) is 30.9 Å². The Morgan fingerprint density at radius 2 is 1.97 bits per heavy atom. The molecule has 0 atom stereocenters. The maximum atomic E-state index is 12.8. The van der Waals surface area contributed by atoms with E-state index < -0.39 is 0 Å². The van der Waals surface area contributed by atoms with E-state index >= 15 is 0 Å². The van der Waals surface area contributed by atoms with Crippen molar-refractivity contribution < 1.29 is 14.3 Å². The number of likely N-dealkylation sites (tertiary alicyclic amines) is 1. The molecule has 1 saturated heterocycles. The van der Waals surface area contributed by atoms with Gasteiger partial charge in [-0.1, -0.05) is 0 Å². The summed E-state index contributed by atoms with van der Waals surface area (Å²) in [5.41, 5.74) is 1.80. The zero-order chi connectivity index (χ0) is 24.2. The molecule has 11 heteroatoms. The summed E-state index contributed by atoms with van der Waals surface area (Å²) < 4.78 is 9.79. The van der Waals surface area contributed by atoms with Crippen LogP contribution in [-0.4, -0.2) is 69.2 Å². The highest BCUT2D eigenvalue weighted by Crippen LogP contribution is 2.29. The second kappa shape index (κ2) is 10.2. The number of methoxy groups -OCH3 is 1. The van der Waals surface area contributed by atoms with Gasteiger partial charge in [0.2, 0.25) is 5.95 Å². The molecule has 34 heavy (non-hydrogen) atoms. The fourth-order valence-corrected chi connectivity index (χ4v) is 4.22. The van der Waals surface area contributed by atoms with Crippen LogP contribution in [0.15, 0.2) is 24.4 Å². The van der Waals surface area contributed by atoms with Crippen molar-refractivity contribution >= 4 is 34.9 Å². The van der Waals surface area contributed by atoms with Crippen molar-refractivity contribution in [3.8, 4) is 17.3 Å². The molecule has 2 aromatic heterocycles. The van der Waals surface area contributed by atoms with E-state index in [0.29, 0.717) is 34.1 Å². The Hall–Kier alpha value is -3.44. The Morgan fingerprint density at radius 1 is 1.21 bits per heavy atom. The first-order valence-corrected chi connectivity index (χ1v) is 11.7. The highest BCUT2D eigenvalue weighted by molar-refractivity contribution is 7.05. The second-order valence-corrected chi connectivity index (χ2v) is 9.20. The quantitative estimate of drug-likeness (QED) is 0.490. The first-order valence-electron chi connectivity index (χ1n) is 11.0. The molecule has 2 N–H and O–H groups in total. The van der Waals surface area contributed by atoms with Crippen LogP contribution in [0.25, 0.3) is 11.5 Å². The smallest absolute Gasteiger partial charge is 0.251 e. The zero-order valence-corrected chi connectivity index (χ0v) is 20.4. The molecule has 1 fully saturated rings. The fourth-order valence-electron chi connectivity index (χ4n) is 3.74. The molecular weight excluding hydrogens is 454 g/mol. The molecule has 1 amide bonds. The van der Waals surface area contributed by atoms with E-state index in [2.05, 4.69) is 41.9 Å². The van der Waals surface area contributed by atoms with Crippen LogP contribution in [0.1, 0.15) is 45.5 Å². The van der Waals surface area contributed by atoms with E-state index in [1.807, 2.05) is 6.92 Å². The summed E-state index contributed by atoms with van der Waals surface area (Å²) in [6.45, 7) is 5.23. The Morgan fingerprint density at radius 3 is 2.62 bits per heavy atom. The maximum absolute atomic E-state index is 12.8. The van der Waals surface area contributed by atoms with Gasteiger partial charge in [0.15, 0.2) is 11.6 Å². The number of nitrogens with zero attached hydrogens (tertiary/aromatic N) is 5. The molecule has 1 aromatic carbocycles. The van der Waals surface area contributed by atoms with Gasteiger partial charge in [0.25, 0.3) is 5.91 Å². The average molecular weight is 482 g/mol. The summed E-state index contributed by atoms with van der Waals surface area (Å²) >= 11 is 1.24. The molecule has 10 nitrogen and oxygen atoms in total. The Kier molecular flexibility index (Phi) is 7.13. The molecule has 1 aliphatic heterocycles. The molecular formula is C23H27N7O3S. The van der Waals surface area contributed by atoms with Crippen LogP contribution in [0.2, 0.25) is 0 Å². The molecule has 0 spiro atoms. The van der Waals surface area contributed by atoms with E-state index in [1.165, 1.54) is 31.8 Å². The fraction of sp³-hybridized carbons (Fsp3) is 0.391. The summed E-state index contributed by atoms with van der Waals surface area (Å²) in [5, 5.41) is 6.99. The number of rotatable bonds is 7. The number of anilines is 2. The number of benzene rings is 1. The van der Waals surface area contributed by atoms with Crippen molar-refractivity contribution in [2.45, 2.75) is 32.7 Å². The first-order chi connectivity index (χ1) is 16.3. The molecule has 3 aromatic rings. The number of ketones is 1. The standard InChI is InChI=1S/C23H27N7O3S/c1-13(31)17-12-24-23(28-20(17)21-25-14(2)34-29-21)27-18-6-5-15(11-19(18)33-4)22(32)26-16-7-9-30(3)10-8-16/h5-6,11-12,16H,7-10H2,1-4H3,(H,26,32)(H,24,27,28). The molecule has 4 rings (SSSR count). The number of hydrogen-bond acceptors (Lipinski definition) is 10. The third-order valence-corrected chi connectivity index (χ3v) is 6.29. The predicted molar refractivity (Wildman–Crippen MR) is 130 cm³/mol. The first kappa shape index (κ1) is 23.7. The highest BCUT2D eigenvalue weighted by atomic mass is 32.1. The van der Waals surface area contributed by atoms with Crippen LogP contribution in [-0.2, 0) is 0 Å². The lowest BCUT2D eigenvalue weighted by Gasteiger charge is -2.29. The van der Waals surface area contributed by atoms with Gasteiger partial charge >= 0.3 is 0 Å². The van der Waals surface area contributed by atoms with Crippen LogP contribution < -0.4 is 15.4 Å². The Bertz CT molecular complexity index is 1210. The van der Waals surface area contributed by atoms with Crippen LogP contribution >= 0.6 is 11.5 Å². The van der Waals surface area contributed by atoms with Gasteiger partial charge in [-0.3, -0.25) is 9.59 Å². The summed E-state index contributed by atoms with van der Waals surface area (Å²) in [5.74, 6) is 0.806. The molecule has 1 aliphatic rings. The monoisotopic (exact) mass is 481 g/mol. The average Bonchev–Trinajstić information content (AvgIpc) is 3.26. The van der Waals surface area contributed by atoms with Crippen molar-refractivity contribution in [1.29, 1.82) is 0 Å². The minimum absolute atomic E-state index is 0.131. The van der Waals surface area contributed by atoms with E-state index in [9.17, 15) is 9.59 Å². The number of carbonyl (C=O) groups is 2. The number of amides is 1. The van der Waals surface area contributed by atoms with Crippen molar-refractivity contribution in [3.05, 3.63) is 40.5 Å². The van der Waals surface area contributed by atoms with Gasteiger partial charge in [0, 0.05) is 17.8 Å². The lowest BCUT2D eigenvalue weighted by molar-refractivity contribution is 0.0916. The molecule has 0 saturated carbocycles. The lowest BCUT2D eigenvalue weighted by Crippen LogP contribution is -2.43. The SMILES string of the molecule is COc1cc(C(=O)NC2CCN(C)CC2)ccc1Nc1ncc(C(C)=O)c(-c2nsc(C)n2)n1. The van der Waals surface area contributed by atoms with Crippen molar-refractivity contribution in [2.24, 2.45) is 0 Å². The van der Waals surface area contributed by atoms with Crippen LogP contribution in [0.3, 0.4) is 0 Å². The third-order valence-electron chi connectivity index (χ3n) is 5.67. The number of Topliss-reactive ketones (excluding diaryl/α,β-unsaturated/α-hetero) is 1. The van der Waals surface area contributed by atoms with Crippen LogP contribution in [0.4, 0.5) is 11.6 Å². The minimum atomic E-state index is -0.174. The molecule has 0 bridgehead atoms. The Balaban J connectivity index is 1.54. The Labute approximate surface area is 202 Å². The van der Waals surface area contributed by atoms with Gasteiger partial charge in [0.1, 0.15) is 16.5 Å². The van der Waals surface area contributed by atoms with Gasteiger partial charge in [-0.25, -0.2) is 15.0 Å². The molecule has 0 unspecified atom stereocenters. The predicted octanol–water partition coefficient (Wildman–Crippen LogP) is 3.08. The van der Waals surface area contributed by atoms with Crippen molar-refractivity contribution in [1.82, 2.24) is 29.5 Å². The topological polar surface area (TPSA) is 122 Å². The van der Waals surface area contributed by atoms with Crippen LogP contribution in [0.5, 0.6) is 5.75 Å². The number of piperidine rings is 1. The van der Waals surface area contributed by atoms with Gasteiger partial charge < -0.3 is 20.3 Å². The van der Waals surface area contributed by atoms with E-state index in [1.54, 1.807) is 18.2 Å². The van der Waals surface area contributed by atoms with Gasteiger partial charge in [-0.05, 0) is 76.6 Å². The lowest BCUT2D eigenvalue weighted by atomic mass is 10.0. The summed E-state index contributed by atoms with van der Waals surface area (Å²) in [7, 11) is 3.62. The number of hydrogen-bond donors (Lipinski definition) is 2. The summed E-state index contributed by atoms with van der Waals surface area (Å²) in [6.07, 6.45) is 3.32. The van der Waals surface area contributed by atoms with E-state index in [4.69, 9.17) is 4.74 Å². The number of carbonyl (C=O) groups excluding carboxylic acids is 2. The largest absolute Gasteiger partial charge is 0.495 e. The van der Waals surface area contributed by atoms with E-state index in [-0.39, 0.29) is 23.7 Å². The summed E-state index contributed by atoms with van der Waals surface area (Å²) in [4.78, 5) is 40.2. The highest BCUT2D eigenvalue weighted by Gasteiger charge is 2.21. The number of aryl methyl sites for hydroxylation is 1. The van der Waals surface area contributed by atoms with Crippen LogP contribution in [0, 0.1) is 6.92 Å². The van der Waals surface area contributed by atoms with Crippen molar-refractivity contribution in [2.75, 3.05) is 32.6 Å². The molecule has 178 valence electrons. The summed E-state index contributed by atoms with van der Waals surface area (Å²) in [6, 6.07) is 5.33. The van der Waals surface area contributed by atoms with Gasteiger partial charge in [-0.2, -0.15) is 4.37 Å². The van der Waals surface area contributed by atoms with Gasteiger partial charge in [0.05, 0.1) is 18.4 Å². The molecule has 0 aliphatic carbocycles. The number of ether oxygens (including phenoxy) is 1.